The minimum atomic E-state index is 0.161. The van der Waals surface area contributed by atoms with Gasteiger partial charge in [0.1, 0.15) is 0 Å². The molecule has 0 saturated heterocycles. The molecule has 1 aromatic rings. The Hall–Kier alpha value is -0.240. The Kier molecular flexibility index (Phi) is 4.73. The summed E-state index contributed by atoms with van der Waals surface area (Å²) in [6, 6.07) is 6.03. The summed E-state index contributed by atoms with van der Waals surface area (Å²) in [6.07, 6.45) is 3.75. The highest BCUT2D eigenvalue weighted by Crippen LogP contribution is 2.47. The van der Waals surface area contributed by atoms with E-state index in [4.69, 9.17) is 23.2 Å². The minimum Gasteiger partial charge on any atom is -0.312 e. The van der Waals surface area contributed by atoms with Crippen molar-refractivity contribution in [3.63, 3.8) is 0 Å². The summed E-state index contributed by atoms with van der Waals surface area (Å²) in [5.74, 6) is 0.826. The largest absolute Gasteiger partial charge is 0.312 e. The van der Waals surface area contributed by atoms with Gasteiger partial charge in [-0.3, -0.25) is 0 Å². The predicted octanol–water partition coefficient (Wildman–Crippen LogP) is 5.34. The van der Waals surface area contributed by atoms with Crippen LogP contribution in [0.5, 0.6) is 0 Å². The van der Waals surface area contributed by atoms with Gasteiger partial charge in [0.2, 0.25) is 0 Å². The molecule has 0 amide bonds. The first-order chi connectivity index (χ1) is 9.20. The lowest BCUT2D eigenvalue weighted by Gasteiger charge is -2.34. The summed E-state index contributed by atoms with van der Waals surface area (Å²) in [6.45, 7) is 10.1. The maximum absolute atomic E-state index is 6.14. The molecule has 0 radical (unpaired) electrons. The molecule has 1 saturated carbocycles. The van der Waals surface area contributed by atoms with E-state index in [1.54, 1.807) is 0 Å². The highest BCUT2D eigenvalue weighted by Gasteiger charge is 2.41. The molecule has 1 atom stereocenters. The van der Waals surface area contributed by atoms with E-state index in [0.29, 0.717) is 15.5 Å². The maximum atomic E-state index is 6.14. The van der Waals surface area contributed by atoms with Gasteiger partial charge in [0.05, 0.1) is 10.0 Å². The van der Waals surface area contributed by atoms with Crippen LogP contribution in [-0.4, -0.2) is 12.1 Å². The molecule has 20 heavy (non-hydrogen) atoms. The number of halogens is 2. The molecule has 1 aromatic carbocycles. The molecule has 112 valence electrons. The average Bonchev–Trinajstić information content (AvgIpc) is 3.15. The summed E-state index contributed by atoms with van der Waals surface area (Å²) in [5.41, 5.74) is 1.74. The van der Waals surface area contributed by atoms with Crippen molar-refractivity contribution in [2.45, 2.75) is 52.5 Å². The number of hydrogen-bond donors (Lipinski definition) is 1. The van der Waals surface area contributed by atoms with E-state index in [1.165, 1.54) is 18.4 Å². The van der Waals surface area contributed by atoms with E-state index in [0.717, 1.165) is 18.9 Å². The van der Waals surface area contributed by atoms with E-state index in [9.17, 15) is 0 Å². The molecule has 0 heterocycles. The van der Waals surface area contributed by atoms with Gasteiger partial charge in [0.25, 0.3) is 0 Å². The van der Waals surface area contributed by atoms with Crippen LogP contribution in [0.2, 0.25) is 10.0 Å². The van der Waals surface area contributed by atoms with Crippen molar-refractivity contribution < 1.29 is 0 Å². The van der Waals surface area contributed by atoms with Crippen molar-refractivity contribution in [3.8, 4) is 0 Å². The third-order valence-corrected chi connectivity index (χ3v) is 4.92. The van der Waals surface area contributed by atoms with Gasteiger partial charge in [-0.15, -0.1) is 0 Å². The van der Waals surface area contributed by atoms with Gasteiger partial charge in [0, 0.05) is 12.1 Å². The zero-order valence-electron chi connectivity index (χ0n) is 12.9. The van der Waals surface area contributed by atoms with Crippen LogP contribution in [0.4, 0.5) is 0 Å². The van der Waals surface area contributed by atoms with Crippen LogP contribution >= 0.6 is 23.2 Å². The summed E-state index contributed by atoms with van der Waals surface area (Å²) in [7, 11) is 0. The van der Waals surface area contributed by atoms with Crippen LogP contribution in [0, 0.1) is 11.3 Å². The highest BCUT2D eigenvalue weighted by molar-refractivity contribution is 6.42. The topological polar surface area (TPSA) is 12.0 Å². The summed E-state index contributed by atoms with van der Waals surface area (Å²) in [5, 5.41) is 4.96. The van der Waals surface area contributed by atoms with Crippen molar-refractivity contribution in [1.29, 1.82) is 0 Å². The van der Waals surface area contributed by atoms with Crippen molar-refractivity contribution >= 4 is 23.2 Å². The first-order valence-corrected chi connectivity index (χ1v) is 8.14. The molecule has 1 nitrogen and oxygen atoms in total. The Morgan fingerprint density at radius 3 is 2.25 bits per heavy atom. The van der Waals surface area contributed by atoms with E-state index in [2.05, 4.69) is 39.1 Å². The Morgan fingerprint density at radius 1 is 1.10 bits per heavy atom. The Balaban J connectivity index is 2.10. The van der Waals surface area contributed by atoms with Crippen molar-refractivity contribution in [2.24, 2.45) is 11.3 Å². The molecule has 0 spiro atoms. The second-order valence-corrected chi connectivity index (χ2v) is 8.27. The summed E-state index contributed by atoms with van der Waals surface area (Å²) >= 11 is 12.1. The summed E-state index contributed by atoms with van der Waals surface area (Å²) < 4.78 is 0. The first kappa shape index (κ1) is 16.1. The zero-order valence-corrected chi connectivity index (χ0v) is 14.4. The van der Waals surface area contributed by atoms with Gasteiger partial charge in [-0.05, 0) is 69.1 Å². The fraction of sp³-hybridized carbons (Fsp3) is 0.647. The van der Waals surface area contributed by atoms with Gasteiger partial charge in [0.15, 0.2) is 0 Å². The quantitative estimate of drug-likeness (QED) is 0.773. The lowest BCUT2D eigenvalue weighted by atomic mass is 9.78. The maximum Gasteiger partial charge on any atom is 0.0595 e. The first-order valence-electron chi connectivity index (χ1n) is 7.39. The van der Waals surface area contributed by atoms with Gasteiger partial charge >= 0.3 is 0 Å². The third-order valence-electron chi connectivity index (χ3n) is 4.18. The summed E-state index contributed by atoms with van der Waals surface area (Å²) in [4.78, 5) is 0. The monoisotopic (exact) mass is 313 g/mol. The molecule has 1 unspecified atom stereocenters. The van der Waals surface area contributed by atoms with Crippen molar-refractivity contribution in [2.75, 3.05) is 6.54 Å². The lowest BCUT2D eigenvalue weighted by Crippen LogP contribution is -2.44. The Morgan fingerprint density at radius 2 is 1.75 bits per heavy atom. The van der Waals surface area contributed by atoms with Crippen LogP contribution < -0.4 is 5.32 Å². The van der Waals surface area contributed by atoms with Crippen molar-refractivity contribution in [3.05, 3.63) is 33.8 Å². The SMILES string of the molecule is CC(C)(C)NCC(C)(Cc1ccc(Cl)c(Cl)c1)C1CC1. The Labute approximate surface area is 133 Å². The molecule has 0 bridgehead atoms. The van der Waals surface area contributed by atoms with Gasteiger partial charge in [-0.25, -0.2) is 0 Å². The second kappa shape index (κ2) is 5.87. The van der Waals surface area contributed by atoms with Crippen LogP contribution in [-0.2, 0) is 6.42 Å². The minimum absolute atomic E-state index is 0.161. The predicted molar refractivity (Wildman–Crippen MR) is 88.8 cm³/mol. The number of rotatable bonds is 5. The van der Waals surface area contributed by atoms with Crippen LogP contribution in [0.15, 0.2) is 18.2 Å². The molecule has 1 aliphatic carbocycles. The van der Waals surface area contributed by atoms with Crippen LogP contribution in [0.1, 0.15) is 46.1 Å². The molecule has 1 aliphatic rings. The zero-order chi connectivity index (χ0) is 15.0. The molecule has 1 N–H and O–H groups in total. The standard InChI is InChI=1S/C17H25Cl2N/c1-16(2,3)20-11-17(4,13-6-7-13)10-12-5-8-14(18)15(19)9-12/h5,8-9,13,20H,6-7,10-11H2,1-4H3. The smallest absolute Gasteiger partial charge is 0.0595 e. The molecule has 1 fully saturated rings. The fourth-order valence-electron chi connectivity index (χ4n) is 2.71. The van der Waals surface area contributed by atoms with Gasteiger partial charge in [-0.2, -0.15) is 0 Å². The number of benzene rings is 1. The molecular weight excluding hydrogens is 289 g/mol. The van der Waals surface area contributed by atoms with E-state index in [1.807, 2.05) is 12.1 Å². The fourth-order valence-corrected chi connectivity index (χ4v) is 3.04. The lowest BCUT2D eigenvalue weighted by molar-refractivity contribution is 0.228. The molecule has 2 rings (SSSR count). The van der Waals surface area contributed by atoms with E-state index >= 15 is 0 Å². The molecular formula is C17H25Cl2N. The number of hydrogen-bond acceptors (Lipinski definition) is 1. The molecule has 3 heteroatoms. The van der Waals surface area contributed by atoms with E-state index < -0.39 is 0 Å². The van der Waals surface area contributed by atoms with Crippen LogP contribution in [0.25, 0.3) is 0 Å². The molecule has 0 aromatic heterocycles. The number of nitrogens with one attached hydrogen (secondary N) is 1. The van der Waals surface area contributed by atoms with Gasteiger partial charge < -0.3 is 5.32 Å². The van der Waals surface area contributed by atoms with Crippen molar-refractivity contribution in [1.82, 2.24) is 5.32 Å². The van der Waals surface area contributed by atoms with Crippen LogP contribution in [0.3, 0.4) is 0 Å². The normalized spacial score (nSPS) is 18.9. The average molecular weight is 314 g/mol. The highest BCUT2D eigenvalue weighted by atomic mass is 35.5. The second-order valence-electron chi connectivity index (χ2n) is 7.46. The third kappa shape index (κ3) is 4.38. The molecule has 0 aliphatic heterocycles. The van der Waals surface area contributed by atoms with E-state index in [-0.39, 0.29) is 5.54 Å². The Bertz CT molecular complexity index is 474. The van der Waals surface area contributed by atoms with Gasteiger partial charge in [-0.1, -0.05) is 36.2 Å².